The molecule has 1 aliphatic carbocycles. The summed E-state index contributed by atoms with van der Waals surface area (Å²) in [6.45, 7) is 0.955. The first-order chi connectivity index (χ1) is 8.69. The Labute approximate surface area is 107 Å². The standard InChI is InChI=1S/C13H19N3O2/c14-10-2-1-3-11(8-10)15-13(18)9-16(6-7-17)12-4-5-12/h1-3,8,12,17H,4-7,9,14H2,(H,15,18). The molecule has 0 unspecified atom stereocenters. The number of benzene rings is 1. The Balaban J connectivity index is 1.87. The first kappa shape index (κ1) is 12.9. The van der Waals surface area contributed by atoms with Crippen molar-refractivity contribution >= 4 is 17.3 Å². The quantitative estimate of drug-likeness (QED) is 0.647. The summed E-state index contributed by atoms with van der Waals surface area (Å²) in [4.78, 5) is 13.9. The van der Waals surface area contributed by atoms with Gasteiger partial charge in [0.2, 0.25) is 5.91 Å². The molecule has 1 amide bonds. The number of amides is 1. The van der Waals surface area contributed by atoms with Gasteiger partial charge < -0.3 is 16.2 Å². The minimum Gasteiger partial charge on any atom is -0.399 e. The van der Waals surface area contributed by atoms with Crippen LogP contribution in [0, 0.1) is 0 Å². The van der Waals surface area contributed by atoms with E-state index >= 15 is 0 Å². The van der Waals surface area contributed by atoms with Crippen molar-refractivity contribution in [1.82, 2.24) is 4.90 Å². The van der Waals surface area contributed by atoms with Gasteiger partial charge in [-0.05, 0) is 31.0 Å². The van der Waals surface area contributed by atoms with Crippen LogP contribution in [-0.4, -0.2) is 41.7 Å². The monoisotopic (exact) mass is 249 g/mol. The van der Waals surface area contributed by atoms with Crippen LogP contribution >= 0.6 is 0 Å². The van der Waals surface area contributed by atoms with Crippen molar-refractivity contribution < 1.29 is 9.90 Å². The van der Waals surface area contributed by atoms with E-state index < -0.39 is 0 Å². The molecule has 1 aromatic carbocycles. The molecule has 5 nitrogen and oxygen atoms in total. The summed E-state index contributed by atoms with van der Waals surface area (Å²) < 4.78 is 0. The van der Waals surface area contributed by atoms with Crippen LogP contribution in [0.2, 0.25) is 0 Å². The smallest absolute Gasteiger partial charge is 0.238 e. The van der Waals surface area contributed by atoms with E-state index in [4.69, 9.17) is 10.8 Å². The lowest BCUT2D eigenvalue weighted by atomic mass is 10.3. The number of carbonyl (C=O) groups is 1. The molecule has 0 atom stereocenters. The summed E-state index contributed by atoms with van der Waals surface area (Å²) in [5.74, 6) is -0.0686. The molecule has 0 saturated heterocycles. The van der Waals surface area contributed by atoms with E-state index in [-0.39, 0.29) is 12.5 Å². The predicted octanol–water partition coefficient (Wildman–Crippen LogP) is 0.664. The summed E-state index contributed by atoms with van der Waals surface area (Å²) >= 11 is 0. The SMILES string of the molecule is Nc1cccc(NC(=O)CN(CCO)C2CC2)c1. The van der Waals surface area contributed by atoms with Gasteiger partial charge in [0.25, 0.3) is 0 Å². The molecule has 0 radical (unpaired) electrons. The van der Waals surface area contributed by atoms with Gasteiger partial charge in [-0.1, -0.05) is 6.07 Å². The van der Waals surface area contributed by atoms with Crippen LogP contribution < -0.4 is 11.1 Å². The Morgan fingerprint density at radius 2 is 2.28 bits per heavy atom. The Hall–Kier alpha value is -1.59. The molecule has 98 valence electrons. The fourth-order valence-electron chi connectivity index (χ4n) is 1.96. The number of hydrogen-bond donors (Lipinski definition) is 3. The second-order valence-corrected chi connectivity index (χ2v) is 4.60. The van der Waals surface area contributed by atoms with Gasteiger partial charge in [-0.15, -0.1) is 0 Å². The summed E-state index contributed by atoms with van der Waals surface area (Å²) in [5, 5.41) is 11.8. The van der Waals surface area contributed by atoms with Gasteiger partial charge in [-0.2, -0.15) is 0 Å². The van der Waals surface area contributed by atoms with Gasteiger partial charge >= 0.3 is 0 Å². The Kier molecular flexibility index (Phi) is 4.17. The highest BCUT2D eigenvalue weighted by Gasteiger charge is 2.29. The van der Waals surface area contributed by atoms with Crippen molar-refractivity contribution in [1.29, 1.82) is 0 Å². The minimum atomic E-state index is -0.0686. The number of nitrogen functional groups attached to an aromatic ring is 1. The number of anilines is 2. The molecule has 0 spiro atoms. The lowest BCUT2D eigenvalue weighted by molar-refractivity contribution is -0.117. The maximum Gasteiger partial charge on any atom is 0.238 e. The van der Waals surface area contributed by atoms with Crippen LogP contribution in [-0.2, 0) is 4.79 Å². The van der Waals surface area contributed by atoms with E-state index in [1.807, 2.05) is 11.0 Å². The number of aliphatic hydroxyl groups excluding tert-OH is 1. The van der Waals surface area contributed by atoms with Crippen LogP contribution in [0.4, 0.5) is 11.4 Å². The Bertz CT molecular complexity index is 418. The van der Waals surface area contributed by atoms with E-state index in [0.29, 0.717) is 30.5 Å². The van der Waals surface area contributed by atoms with E-state index in [9.17, 15) is 4.79 Å². The number of aliphatic hydroxyl groups is 1. The van der Waals surface area contributed by atoms with Crippen LogP contribution in [0.15, 0.2) is 24.3 Å². The van der Waals surface area contributed by atoms with Crippen molar-refractivity contribution in [3.63, 3.8) is 0 Å². The summed E-state index contributed by atoms with van der Waals surface area (Å²) in [6, 6.07) is 7.58. The zero-order chi connectivity index (χ0) is 13.0. The van der Waals surface area contributed by atoms with E-state index in [0.717, 1.165) is 12.8 Å². The molecule has 0 aromatic heterocycles. The van der Waals surface area contributed by atoms with Crippen LogP contribution in [0.1, 0.15) is 12.8 Å². The van der Waals surface area contributed by atoms with Gasteiger partial charge in [-0.25, -0.2) is 0 Å². The summed E-state index contributed by atoms with van der Waals surface area (Å²) in [5.41, 5.74) is 6.98. The van der Waals surface area contributed by atoms with Crippen molar-refractivity contribution in [3.05, 3.63) is 24.3 Å². The van der Waals surface area contributed by atoms with Crippen LogP contribution in [0.25, 0.3) is 0 Å². The fourth-order valence-corrected chi connectivity index (χ4v) is 1.96. The normalized spacial score (nSPS) is 14.8. The van der Waals surface area contributed by atoms with Gasteiger partial charge in [0.05, 0.1) is 13.2 Å². The van der Waals surface area contributed by atoms with Gasteiger partial charge in [0.1, 0.15) is 0 Å². The van der Waals surface area contributed by atoms with Gasteiger partial charge in [-0.3, -0.25) is 9.69 Å². The van der Waals surface area contributed by atoms with Gasteiger partial charge in [0, 0.05) is 24.0 Å². The topological polar surface area (TPSA) is 78.6 Å². The Morgan fingerprint density at radius 3 is 2.89 bits per heavy atom. The minimum absolute atomic E-state index is 0.0686. The average molecular weight is 249 g/mol. The van der Waals surface area contributed by atoms with E-state index in [2.05, 4.69) is 5.32 Å². The molecule has 0 bridgehead atoms. The highest BCUT2D eigenvalue weighted by atomic mass is 16.3. The Morgan fingerprint density at radius 1 is 1.50 bits per heavy atom. The third kappa shape index (κ3) is 3.72. The van der Waals surface area contributed by atoms with Crippen molar-refractivity contribution in [2.75, 3.05) is 30.7 Å². The molecule has 1 aliphatic rings. The molecule has 1 fully saturated rings. The lowest BCUT2D eigenvalue weighted by Gasteiger charge is -2.20. The number of rotatable bonds is 6. The maximum atomic E-state index is 11.9. The first-order valence-corrected chi connectivity index (χ1v) is 6.19. The first-order valence-electron chi connectivity index (χ1n) is 6.19. The molecule has 4 N–H and O–H groups in total. The third-order valence-corrected chi connectivity index (χ3v) is 2.97. The van der Waals surface area contributed by atoms with Crippen molar-refractivity contribution in [2.45, 2.75) is 18.9 Å². The van der Waals surface area contributed by atoms with E-state index in [1.165, 1.54) is 0 Å². The molecule has 5 heteroatoms. The highest BCUT2D eigenvalue weighted by molar-refractivity contribution is 5.92. The average Bonchev–Trinajstić information content (AvgIpc) is 3.12. The molecule has 0 heterocycles. The summed E-state index contributed by atoms with van der Waals surface area (Å²) in [6.07, 6.45) is 2.23. The molecule has 0 aliphatic heterocycles. The molecule has 1 aromatic rings. The molecule has 1 saturated carbocycles. The van der Waals surface area contributed by atoms with E-state index in [1.54, 1.807) is 18.2 Å². The largest absolute Gasteiger partial charge is 0.399 e. The second-order valence-electron chi connectivity index (χ2n) is 4.60. The number of carbonyl (C=O) groups excluding carboxylic acids is 1. The third-order valence-electron chi connectivity index (χ3n) is 2.97. The highest BCUT2D eigenvalue weighted by Crippen LogP contribution is 2.26. The predicted molar refractivity (Wildman–Crippen MR) is 71.2 cm³/mol. The number of nitrogens with one attached hydrogen (secondary N) is 1. The number of nitrogens with zero attached hydrogens (tertiary/aromatic N) is 1. The summed E-state index contributed by atoms with van der Waals surface area (Å²) in [7, 11) is 0. The van der Waals surface area contributed by atoms with Gasteiger partial charge in [0.15, 0.2) is 0 Å². The van der Waals surface area contributed by atoms with Crippen LogP contribution in [0.5, 0.6) is 0 Å². The maximum absolute atomic E-state index is 11.9. The lowest BCUT2D eigenvalue weighted by Crippen LogP contribution is -2.36. The number of nitrogens with two attached hydrogens (primary N) is 1. The van der Waals surface area contributed by atoms with Crippen LogP contribution in [0.3, 0.4) is 0 Å². The molecule has 18 heavy (non-hydrogen) atoms. The second kappa shape index (κ2) is 5.84. The van der Waals surface area contributed by atoms with Crippen molar-refractivity contribution in [2.24, 2.45) is 0 Å². The zero-order valence-electron chi connectivity index (χ0n) is 10.3. The zero-order valence-corrected chi connectivity index (χ0v) is 10.3. The molecule has 2 rings (SSSR count). The fraction of sp³-hybridized carbons (Fsp3) is 0.462. The van der Waals surface area contributed by atoms with Crippen molar-refractivity contribution in [3.8, 4) is 0 Å². The molecular weight excluding hydrogens is 230 g/mol. The number of hydrogen-bond acceptors (Lipinski definition) is 4. The molecular formula is C13H19N3O2.